The first-order valence-corrected chi connectivity index (χ1v) is 6.58. The van der Waals surface area contributed by atoms with Crippen molar-refractivity contribution in [3.8, 4) is 22.8 Å². The summed E-state index contributed by atoms with van der Waals surface area (Å²) in [6, 6.07) is 11.7. The number of nitrogen functional groups attached to an aromatic ring is 1. The van der Waals surface area contributed by atoms with Crippen molar-refractivity contribution in [2.24, 2.45) is 0 Å². The van der Waals surface area contributed by atoms with E-state index >= 15 is 0 Å². The topological polar surface area (TPSA) is 64.9 Å². The maximum Gasteiger partial charge on any atom is 0.261 e. The second-order valence-corrected chi connectivity index (χ2v) is 5.05. The Kier molecular flexibility index (Phi) is 3.23. The summed E-state index contributed by atoms with van der Waals surface area (Å²) in [6.07, 6.45) is 0. The SMILES string of the molecule is Nc1ccccc1-c1noc(-c2cc(Br)ccc2F)n1. The molecule has 0 aliphatic heterocycles. The third-order valence-corrected chi connectivity index (χ3v) is 3.28. The molecule has 1 heterocycles. The first-order chi connectivity index (χ1) is 9.65. The molecule has 3 aromatic rings. The number of halogens is 2. The van der Waals surface area contributed by atoms with Gasteiger partial charge in [0, 0.05) is 15.7 Å². The number of hydrogen-bond donors (Lipinski definition) is 1. The van der Waals surface area contributed by atoms with E-state index in [0.717, 1.165) is 4.47 Å². The molecule has 0 amide bonds. The number of benzene rings is 2. The molecule has 1 aromatic heterocycles. The van der Waals surface area contributed by atoms with Crippen LogP contribution in [0.5, 0.6) is 0 Å². The molecule has 0 saturated heterocycles. The molecule has 0 atom stereocenters. The lowest BCUT2D eigenvalue weighted by atomic mass is 10.1. The molecular formula is C14H9BrFN3O. The van der Waals surface area contributed by atoms with Gasteiger partial charge in [0.15, 0.2) is 0 Å². The van der Waals surface area contributed by atoms with Gasteiger partial charge < -0.3 is 10.3 Å². The van der Waals surface area contributed by atoms with Crippen molar-refractivity contribution in [1.29, 1.82) is 0 Å². The van der Waals surface area contributed by atoms with Crippen molar-refractivity contribution in [1.82, 2.24) is 10.1 Å². The second kappa shape index (κ2) is 5.05. The van der Waals surface area contributed by atoms with Crippen LogP contribution in [-0.2, 0) is 0 Å². The molecule has 0 unspecified atom stereocenters. The van der Waals surface area contributed by atoms with Gasteiger partial charge in [-0.2, -0.15) is 4.98 Å². The van der Waals surface area contributed by atoms with E-state index in [4.69, 9.17) is 10.3 Å². The highest BCUT2D eigenvalue weighted by Gasteiger charge is 2.15. The number of rotatable bonds is 2. The van der Waals surface area contributed by atoms with Gasteiger partial charge in [0.25, 0.3) is 5.89 Å². The molecule has 20 heavy (non-hydrogen) atoms. The highest BCUT2D eigenvalue weighted by atomic mass is 79.9. The van der Waals surface area contributed by atoms with Gasteiger partial charge in [-0.3, -0.25) is 0 Å². The largest absolute Gasteiger partial charge is 0.398 e. The number of hydrogen-bond acceptors (Lipinski definition) is 4. The van der Waals surface area contributed by atoms with E-state index in [2.05, 4.69) is 26.1 Å². The van der Waals surface area contributed by atoms with Crippen LogP contribution in [-0.4, -0.2) is 10.1 Å². The van der Waals surface area contributed by atoms with Gasteiger partial charge >= 0.3 is 0 Å². The van der Waals surface area contributed by atoms with Crippen LogP contribution in [0.1, 0.15) is 0 Å². The number of anilines is 1. The Hall–Kier alpha value is -2.21. The van der Waals surface area contributed by atoms with Gasteiger partial charge in [-0.1, -0.05) is 33.2 Å². The fourth-order valence-electron chi connectivity index (χ4n) is 1.80. The average molecular weight is 334 g/mol. The van der Waals surface area contributed by atoms with Gasteiger partial charge in [0.05, 0.1) is 5.56 Å². The Bertz CT molecular complexity index is 773. The van der Waals surface area contributed by atoms with Crippen LogP contribution >= 0.6 is 15.9 Å². The Balaban J connectivity index is 2.07. The van der Waals surface area contributed by atoms with Gasteiger partial charge in [-0.15, -0.1) is 0 Å². The summed E-state index contributed by atoms with van der Waals surface area (Å²) in [4.78, 5) is 4.19. The summed E-state index contributed by atoms with van der Waals surface area (Å²) in [7, 11) is 0. The van der Waals surface area contributed by atoms with Crippen LogP contribution in [0.25, 0.3) is 22.8 Å². The van der Waals surface area contributed by atoms with E-state index in [-0.39, 0.29) is 11.5 Å². The molecule has 0 aliphatic carbocycles. The van der Waals surface area contributed by atoms with E-state index in [1.807, 2.05) is 12.1 Å². The predicted molar refractivity (Wildman–Crippen MR) is 77.2 cm³/mol. The molecule has 2 aromatic carbocycles. The van der Waals surface area contributed by atoms with Crippen LogP contribution in [0.4, 0.5) is 10.1 Å². The fraction of sp³-hybridized carbons (Fsp3) is 0. The summed E-state index contributed by atoms with van der Waals surface area (Å²) < 4.78 is 19.6. The quantitative estimate of drug-likeness (QED) is 0.722. The van der Waals surface area contributed by atoms with Gasteiger partial charge in [-0.05, 0) is 30.3 Å². The van der Waals surface area contributed by atoms with Gasteiger partial charge in [-0.25, -0.2) is 4.39 Å². The summed E-state index contributed by atoms with van der Waals surface area (Å²) in [5, 5.41) is 3.85. The number of para-hydroxylation sites is 1. The molecule has 0 fully saturated rings. The average Bonchev–Trinajstić information content (AvgIpc) is 2.91. The van der Waals surface area contributed by atoms with Crippen molar-refractivity contribution in [3.05, 3.63) is 52.8 Å². The molecule has 6 heteroatoms. The molecule has 2 N–H and O–H groups in total. The molecule has 0 bridgehead atoms. The van der Waals surface area contributed by atoms with Crippen molar-refractivity contribution >= 4 is 21.6 Å². The van der Waals surface area contributed by atoms with Crippen molar-refractivity contribution in [3.63, 3.8) is 0 Å². The lowest BCUT2D eigenvalue weighted by Gasteiger charge is -1.99. The van der Waals surface area contributed by atoms with Gasteiger partial charge in [0.1, 0.15) is 5.82 Å². The Labute approximate surface area is 122 Å². The standard InChI is InChI=1S/C14H9BrFN3O/c15-8-5-6-11(16)10(7-8)14-18-13(19-20-14)9-3-1-2-4-12(9)17/h1-7H,17H2. The number of nitrogens with zero attached hydrogens (tertiary/aromatic N) is 2. The zero-order chi connectivity index (χ0) is 14.1. The summed E-state index contributed by atoms with van der Waals surface area (Å²) in [6.45, 7) is 0. The molecule has 0 spiro atoms. The maximum atomic E-state index is 13.8. The highest BCUT2D eigenvalue weighted by Crippen LogP contribution is 2.28. The summed E-state index contributed by atoms with van der Waals surface area (Å²) in [5.41, 5.74) is 7.28. The lowest BCUT2D eigenvalue weighted by Crippen LogP contribution is -1.90. The third-order valence-electron chi connectivity index (χ3n) is 2.79. The molecule has 3 rings (SSSR count). The van der Waals surface area contributed by atoms with E-state index < -0.39 is 5.82 Å². The minimum absolute atomic E-state index is 0.113. The predicted octanol–water partition coefficient (Wildman–Crippen LogP) is 3.89. The molecule has 4 nitrogen and oxygen atoms in total. The fourth-order valence-corrected chi connectivity index (χ4v) is 2.17. The van der Waals surface area contributed by atoms with Crippen LogP contribution < -0.4 is 5.73 Å². The normalized spacial score (nSPS) is 10.7. The zero-order valence-electron chi connectivity index (χ0n) is 10.2. The first-order valence-electron chi connectivity index (χ1n) is 5.79. The van der Waals surface area contributed by atoms with Crippen molar-refractivity contribution in [2.45, 2.75) is 0 Å². The maximum absolute atomic E-state index is 13.8. The lowest BCUT2D eigenvalue weighted by molar-refractivity contribution is 0.429. The summed E-state index contributed by atoms with van der Waals surface area (Å²) in [5.74, 6) is 0.0176. The van der Waals surface area contributed by atoms with E-state index in [0.29, 0.717) is 17.1 Å². The third kappa shape index (κ3) is 2.30. The van der Waals surface area contributed by atoms with Crippen LogP contribution in [0.3, 0.4) is 0 Å². The van der Waals surface area contributed by atoms with Crippen molar-refractivity contribution < 1.29 is 8.91 Å². The van der Waals surface area contributed by atoms with Crippen LogP contribution in [0.2, 0.25) is 0 Å². The zero-order valence-corrected chi connectivity index (χ0v) is 11.8. The molecular weight excluding hydrogens is 325 g/mol. The summed E-state index contributed by atoms with van der Waals surface area (Å²) >= 11 is 3.28. The Morgan fingerprint density at radius 3 is 2.70 bits per heavy atom. The number of aromatic nitrogens is 2. The first kappa shape index (κ1) is 12.8. The minimum Gasteiger partial charge on any atom is -0.398 e. The molecule has 100 valence electrons. The van der Waals surface area contributed by atoms with Crippen molar-refractivity contribution in [2.75, 3.05) is 5.73 Å². The highest BCUT2D eigenvalue weighted by molar-refractivity contribution is 9.10. The van der Waals surface area contributed by atoms with E-state index in [1.165, 1.54) is 6.07 Å². The monoisotopic (exact) mass is 333 g/mol. The van der Waals surface area contributed by atoms with E-state index in [9.17, 15) is 4.39 Å². The smallest absolute Gasteiger partial charge is 0.261 e. The second-order valence-electron chi connectivity index (χ2n) is 4.13. The van der Waals surface area contributed by atoms with Gasteiger partial charge in [0.2, 0.25) is 5.82 Å². The Morgan fingerprint density at radius 2 is 1.90 bits per heavy atom. The minimum atomic E-state index is -0.426. The van der Waals surface area contributed by atoms with E-state index in [1.54, 1.807) is 24.3 Å². The Morgan fingerprint density at radius 1 is 1.10 bits per heavy atom. The molecule has 0 radical (unpaired) electrons. The number of nitrogens with two attached hydrogens (primary N) is 1. The van der Waals surface area contributed by atoms with Crippen LogP contribution in [0.15, 0.2) is 51.5 Å². The molecule has 0 saturated carbocycles. The van der Waals surface area contributed by atoms with Crippen LogP contribution in [0, 0.1) is 5.82 Å². The molecule has 0 aliphatic rings.